The van der Waals surface area contributed by atoms with Gasteiger partial charge in [-0.05, 0) is 30.5 Å². The summed E-state index contributed by atoms with van der Waals surface area (Å²) in [5.41, 5.74) is 0.571. The SMILES string of the molecule is CCCC(CC)NS(=O)(=O)Cc1cccc(C(=O)O)c1. The largest absolute Gasteiger partial charge is 0.478 e. The van der Waals surface area contributed by atoms with Crippen molar-refractivity contribution in [3.05, 3.63) is 35.4 Å². The fourth-order valence-corrected chi connectivity index (χ4v) is 3.50. The van der Waals surface area contributed by atoms with Crippen LogP contribution in [-0.2, 0) is 15.8 Å². The number of aromatic carboxylic acids is 1. The molecule has 20 heavy (non-hydrogen) atoms. The maximum absolute atomic E-state index is 12.1. The van der Waals surface area contributed by atoms with Gasteiger partial charge in [0.1, 0.15) is 0 Å². The molecule has 0 radical (unpaired) electrons. The van der Waals surface area contributed by atoms with E-state index >= 15 is 0 Å². The van der Waals surface area contributed by atoms with E-state index in [0.29, 0.717) is 5.56 Å². The van der Waals surface area contributed by atoms with Gasteiger partial charge >= 0.3 is 5.97 Å². The minimum atomic E-state index is -3.45. The first-order valence-electron chi connectivity index (χ1n) is 6.70. The van der Waals surface area contributed by atoms with Crippen molar-refractivity contribution in [2.75, 3.05) is 0 Å². The lowest BCUT2D eigenvalue weighted by molar-refractivity contribution is 0.0696. The summed E-state index contributed by atoms with van der Waals surface area (Å²) in [4.78, 5) is 10.9. The molecule has 112 valence electrons. The highest BCUT2D eigenvalue weighted by Crippen LogP contribution is 2.11. The predicted octanol–water partition coefficient (Wildman–Crippen LogP) is 2.38. The van der Waals surface area contributed by atoms with Gasteiger partial charge in [-0.2, -0.15) is 0 Å². The number of rotatable bonds is 8. The lowest BCUT2D eigenvalue weighted by atomic mass is 10.1. The third kappa shape index (κ3) is 5.30. The van der Waals surface area contributed by atoms with Crippen LogP contribution in [0.3, 0.4) is 0 Å². The van der Waals surface area contributed by atoms with E-state index in [0.717, 1.165) is 19.3 Å². The van der Waals surface area contributed by atoms with Gasteiger partial charge in [0.15, 0.2) is 0 Å². The van der Waals surface area contributed by atoms with Gasteiger partial charge in [-0.1, -0.05) is 32.4 Å². The fraction of sp³-hybridized carbons (Fsp3) is 0.500. The minimum absolute atomic E-state index is 0.0624. The second-order valence-electron chi connectivity index (χ2n) is 4.78. The molecule has 1 atom stereocenters. The molecule has 0 aliphatic rings. The Morgan fingerprint density at radius 2 is 2.05 bits per heavy atom. The number of carboxylic acids is 1. The van der Waals surface area contributed by atoms with Crippen molar-refractivity contribution in [1.82, 2.24) is 4.72 Å². The average Bonchev–Trinajstić information content (AvgIpc) is 2.37. The maximum atomic E-state index is 12.1. The zero-order chi connectivity index (χ0) is 15.2. The first-order chi connectivity index (χ1) is 9.38. The molecule has 2 N–H and O–H groups in total. The zero-order valence-electron chi connectivity index (χ0n) is 11.8. The van der Waals surface area contributed by atoms with Gasteiger partial charge in [-0.15, -0.1) is 0 Å². The van der Waals surface area contributed by atoms with Crippen molar-refractivity contribution in [3.8, 4) is 0 Å². The molecule has 1 aromatic rings. The summed E-state index contributed by atoms with van der Waals surface area (Å²) in [6.45, 7) is 3.95. The van der Waals surface area contributed by atoms with Crippen molar-refractivity contribution in [2.45, 2.75) is 44.9 Å². The Labute approximate surface area is 120 Å². The highest BCUT2D eigenvalue weighted by Gasteiger charge is 2.17. The number of nitrogens with one attached hydrogen (secondary N) is 1. The number of carbonyl (C=O) groups is 1. The first-order valence-corrected chi connectivity index (χ1v) is 8.35. The number of benzene rings is 1. The molecule has 0 bridgehead atoms. The Hall–Kier alpha value is -1.40. The van der Waals surface area contributed by atoms with Crippen LogP contribution in [-0.4, -0.2) is 25.5 Å². The minimum Gasteiger partial charge on any atom is -0.478 e. The number of hydrogen-bond acceptors (Lipinski definition) is 3. The van der Waals surface area contributed by atoms with Crippen LogP contribution >= 0.6 is 0 Å². The molecule has 1 rings (SSSR count). The molecule has 0 fully saturated rings. The van der Waals surface area contributed by atoms with Crippen LogP contribution in [0.25, 0.3) is 0 Å². The molecule has 0 saturated carbocycles. The zero-order valence-corrected chi connectivity index (χ0v) is 12.6. The van der Waals surface area contributed by atoms with Gasteiger partial charge in [-0.25, -0.2) is 17.9 Å². The van der Waals surface area contributed by atoms with Gasteiger partial charge < -0.3 is 5.11 Å². The van der Waals surface area contributed by atoms with Crippen molar-refractivity contribution < 1.29 is 18.3 Å². The monoisotopic (exact) mass is 299 g/mol. The predicted molar refractivity (Wildman–Crippen MR) is 78.1 cm³/mol. The van der Waals surface area contributed by atoms with Crippen LogP contribution in [0.4, 0.5) is 0 Å². The summed E-state index contributed by atoms with van der Waals surface area (Å²) >= 11 is 0. The topological polar surface area (TPSA) is 83.5 Å². The summed E-state index contributed by atoms with van der Waals surface area (Å²) in [7, 11) is -3.45. The second kappa shape index (κ2) is 7.40. The highest BCUT2D eigenvalue weighted by atomic mass is 32.2. The number of hydrogen-bond donors (Lipinski definition) is 2. The normalized spacial score (nSPS) is 13.1. The maximum Gasteiger partial charge on any atom is 0.335 e. The Bertz CT molecular complexity index is 554. The molecule has 0 heterocycles. The molecule has 1 aromatic carbocycles. The summed E-state index contributed by atoms with van der Waals surface area (Å²) < 4.78 is 26.8. The van der Waals surface area contributed by atoms with Crippen LogP contribution in [0.15, 0.2) is 24.3 Å². The molecule has 0 saturated heterocycles. The van der Waals surface area contributed by atoms with Crippen LogP contribution < -0.4 is 4.72 Å². The van der Waals surface area contributed by atoms with Gasteiger partial charge in [-0.3, -0.25) is 0 Å². The Morgan fingerprint density at radius 3 is 2.60 bits per heavy atom. The summed E-state index contributed by atoms with van der Waals surface area (Å²) in [5, 5.41) is 8.90. The lowest BCUT2D eigenvalue weighted by Crippen LogP contribution is -2.35. The summed E-state index contributed by atoms with van der Waals surface area (Å²) in [5.74, 6) is -1.26. The summed E-state index contributed by atoms with van der Waals surface area (Å²) in [6.07, 6.45) is 2.45. The van der Waals surface area contributed by atoms with Gasteiger partial charge in [0.2, 0.25) is 10.0 Å². The van der Waals surface area contributed by atoms with E-state index in [4.69, 9.17) is 5.11 Å². The molecular formula is C14H21NO4S. The van der Waals surface area contributed by atoms with Crippen LogP contribution in [0.5, 0.6) is 0 Å². The van der Waals surface area contributed by atoms with Gasteiger partial charge in [0.05, 0.1) is 11.3 Å². The molecule has 0 aliphatic heterocycles. The van der Waals surface area contributed by atoms with Crippen LogP contribution in [0.1, 0.15) is 49.0 Å². The lowest BCUT2D eigenvalue weighted by Gasteiger charge is -2.16. The van der Waals surface area contributed by atoms with Crippen molar-refractivity contribution in [1.29, 1.82) is 0 Å². The molecule has 0 amide bonds. The van der Waals surface area contributed by atoms with Gasteiger partial charge in [0, 0.05) is 6.04 Å². The fourth-order valence-electron chi connectivity index (χ4n) is 2.00. The number of carboxylic acid groups (broad SMARTS) is 1. The van der Waals surface area contributed by atoms with Gasteiger partial charge in [0.25, 0.3) is 0 Å². The molecule has 0 spiro atoms. The van der Waals surface area contributed by atoms with Crippen LogP contribution in [0, 0.1) is 0 Å². The number of sulfonamides is 1. The quantitative estimate of drug-likeness (QED) is 0.772. The Kier molecular flexibility index (Phi) is 6.16. The van der Waals surface area contributed by atoms with Crippen molar-refractivity contribution >= 4 is 16.0 Å². The third-order valence-corrected chi connectivity index (χ3v) is 4.41. The molecule has 5 nitrogen and oxygen atoms in total. The van der Waals surface area contributed by atoms with E-state index in [1.165, 1.54) is 12.1 Å². The Balaban J connectivity index is 2.80. The molecule has 0 aromatic heterocycles. The second-order valence-corrected chi connectivity index (χ2v) is 6.53. The first kappa shape index (κ1) is 16.7. The van der Waals surface area contributed by atoms with Crippen molar-refractivity contribution in [2.24, 2.45) is 0 Å². The molecular weight excluding hydrogens is 278 g/mol. The molecule has 0 aliphatic carbocycles. The Morgan fingerprint density at radius 1 is 1.35 bits per heavy atom. The third-order valence-electron chi connectivity index (χ3n) is 3.01. The van der Waals surface area contributed by atoms with Crippen molar-refractivity contribution in [3.63, 3.8) is 0 Å². The summed E-state index contributed by atoms with van der Waals surface area (Å²) in [6, 6.07) is 5.94. The average molecular weight is 299 g/mol. The van der Waals surface area contributed by atoms with Crippen LogP contribution in [0.2, 0.25) is 0 Å². The smallest absolute Gasteiger partial charge is 0.335 e. The van der Waals surface area contributed by atoms with E-state index in [1.54, 1.807) is 12.1 Å². The molecule has 1 unspecified atom stereocenters. The standard InChI is InChI=1S/C14H21NO4S/c1-3-6-13(4-2)15-20(18,19)10-11-7-5-8-12(9-11)14(16)17/h5,7-9,13,15H,3-4,6,10H2,1-2H3,(H,16,17). The van der Waals surface area contributed by atoms with E-state index < -0.39 is 16.0 Å². The molecule has 6 heteroatoms. The van der Waals surface area contributed by atoms with E-state index in [1.807, 2.05) is 13.8 Å². The highest BCUT2D eigenvalue weighted by molar-refractivity contribution is 7.88. The van der Waals surface area contributed by atoms with E-state index in [2.05, 4.69) is 4.72 Å². The van der Waals surface area contributed by atoms with E-state index in [-0.39, 0.29) is 17.4 Å². The van der Waals surface area contributed by atoms with E-state index in [9.17, 15) is 13.2 Å².